The van der Waals surface area contributed by atoms with E-state index in [1.807, 2.05) is 6.07 Å². The smallest absolute Gasteiger partial charge is 0.200 e. The lowest BCUT2D eigenvalue weighted by molar-refractivity contribution is 0.383. The number of hydrogen-bond donors (Lipinski definition) is 0. The summed E-state index contributed by atoms with van der Waals surface area (Å²) in [6, 6.07) is 8.93. The van der Waals surface area contributed by atoms with E-state index in [0.717, 1.165) is 5.56 Å². The molecule has 0 fully saturated rings. The Kier molecular flexibility index (Phi) is 4.51. The van der Waals surface area contributed by atoms with Gasteiger partial charge in [0.05, 0.1) is 0 Å². The number of hydrogen-bond acceptors (Lipinski definition) is 0. The Bertz CT molecular complexity index is 694. The summed E-state index contributed by atoms with van der Waals surface area (Å²) in [5, 5.41) is -0.712. The molecule has 116 valence electrons. The van der Waals surface area contributed by atoms with Crippen molar-refractivity contribution >= 4 is 19.3 Å². The van der Waals surface area contributed by atoms with Gasteiger partial charge in [0.15, 0.2) is 23.3 Å². The molecular weight excluding hydrogens is 315 g/mol. The maximum atomic E-state index is 13.9. The van der Waals surface area contributed by atoms with E-state index in [-0.39, 0.29) is 0 Å². The van der Waals surface area contributed by atoms with E-state index in [2.05, 4.69) is 0 Å². The van der Waals surface area contributed by atoms with Crippen LogP contribution in [0, 0.1) is 29.1 Å². The average molecular weight is 328 g/mol. The highest BCUT2D eigenvalue weighted by Gasteiger charge is 2.34. The number of rotatable bonds is 3. The van der Waals surface area contributed by atoms with E-state index in [1.165, 1.54) is 13.1 Å². The van der Waals surface area contributed by atoms with Gasteiger partial charge in [0.25, 0.3) is 0 Å². The molecule has 0 heterocycles. The highest BCUT2D eigenvalue weighted by molar-refractivity contribution is 6.94. The van der Waals surface area contributed by atoms with E-state index >= 15 is 0 Å². The third-order valence-corrected chi connectivity index (χ3v) is 6.07. The first-order chi connectivity index (χ1) is 10.3. The first kappa shape index (κ1) is 16.4. The highest BCUT2D eigenvalue weighted by atomic mass is 28.3. The van der Waals surface area contributed by atoms with Gasteiger partial charge in [0.2, 0.25) is 5.82 Å². The highest BCUT2D eigenvalue weighted by Crippen LogP contribution is 2.21. The summed E-state index contributed by atoms with van der Waals surface area (Å²) in [5.74, 6) is -9.42. The van der Waals surface area contributed by atoms with Crippen molar-refractivity contribution in [3.8, 4) is 0 Å². The largest absolute Gasteiger partial charge is 0.204 e. The van der Waals surface area contributed by atoms with Crippen LogP contribution in [0.1, 0.15) is 5.56 Å². The summed E-state index contributed by atoms with van der Waals surface area (Å²) in [6.07, 6.45) is 1.63. The molecule has 0 aliphatic carbocycles. The van der Waals surface area contributed by atoms with Gasteiger partial charge in [0.1, 0.15) is 8.07 Å². The summed E-state index contributed by atoms with van der Waals surface area (Å²) < 4.78 is 67.6. The molecule has 0 atom stereocenters. The Morgan fingerprint density at radius 3 is 1.68 bits per heavy atom. The lowest BCUT2D eigenvalue weighted by Crippen LogP contribution is -2.45. The van der Waals surface area contributed by atoms with Crippen molar-refractivity contribution in [1.82, 2.24) is 0 Å². The molecule has 22 heavy (non-hydrogen) atoms. The number of halogens is 5. The second-order valence-corrected chi connectivity index (χ2v) is 9.69. The fraction of sp³-hybridized carbons (Fsp3) is 0.125. The van der Waals surface area contributed by atoms with Crippen LogP contribution in [-0.2, 0) is 0 Å². The normalized spacial score (nSPS) is 12.1. The predicted octanol–water partition coefficient (Wildman–Crippen LogP) is 4.55. The van der Waals surface area contributed by atoms with Crippen LogP contribution >= 0.6 is 0 Å². The van der Waals surface area contributed by atoms with Gasteiger partial charge in [0, 0.05) is 5.19 Å². The molecule has 0 aliphatic heterocycles. The van der Waals surface area contributed by atoms with Gasteiger partial charge in [-0.2, -0.15) is 0 Å². The molecule has 0 saturated heterocycles. The van der Waals surface area contributed by atoms with Crippen molar-refractivity contribution in [2.45, 2.75) is 13.1 Å². The Balaban J connectivity index is 2.53. The van der Waals surface area contributed by atoms with Crippen LogP contribution in [0.3, 0.4) is 0 Å². The van der Waals surface area contributed by atoms with Gasteiger partial charge in [-0.25, -0.2) is 22.0 Å². The Morgan fingerprint density at radius 1 is 0.727 bits per heavy atom. The maximum absolute atomic E-state index is 13.9. The topological polar surface area (TPSA) is 0 Å². The molecule has 6 heteroatoms. The minimum absolute atomic E-state index is 0.712. The van der Waals surface area contributed by atoms with E-state index < -0.39 is 42.3 Å². The fourth-order valence-electron chi connectivity index (χ4n) is 2.12. The van der Waals surface area contributed by atoms with E-state index in [9.17, 15) is 22.0 Å². The zero-order valence-corrected chi connectivity index (χ0v) is 12.9. The van der Waals surface area contributed by atoms with E-state index in [4.69, 9.17) is 0 Å². The molecule has 2 aromatic rings. The van der Waals surface area contributed by atoms with Gasteiger partial charge in [-0.15, -0.1) is 0 Å². The van der Waals surface area contributed by atoms with Crippen LogP contribution in [-0.4, -0.2) is 8.07 Å². The molecule has 0 aromatic heterocycles. The van der Waals surface area contributed by atoms with Gasteiger partial charge < -0.3 is 0 Å². The van der Waals surface area contributed by atoms with Crippen LogP contribution in [0.15, 0.2) is 36.0 Å². The van der Waals surface area contributed by atoms with Crippen molar-refractivity contribution in [2.75, 3.05) is 0 Å². The van der Waals surface area contributed by atoms with E-state index in [1.54, 1.807) is 36.0 Å². The summed E-state index contributed by atoms with van der Waals surface area (Å²) in [5.41, 5.74) is 2.33. The second kappa shape index (κ2) is 6.04. The van der Waals surface area contributed by atoms with Crippen LogP contribution in [0.4, 0.5) is 22.0 Å². The first-order valence-electron chi connectivity index (χ1n) is 6.52. The first-order valence-corrected chi connectivity index (χ1v) is 9.59. The van der Waals surface area contributed by atoms with Crippen molar-refractivity contribution in [3.05, 3.63) is 70.7 Å². The second-order valence-electron chi connectivity index (χ2n) is 5.41. The Morgan fingerprint density at radius 2 is 1.18 bits per heavy atom. The summed E-state index contributed by atoms with van der Waals surface area (Å²) in [7, 11) is -3.01. The maximum Gasteiger partial charge on any atom is 0.200 e. The molecule has 0 saturated carbocycles. The zero-order valence-electron chi connectivity index (χ0n) is 11.9. The summed E-state index contributed by atoms with van der Waals surface area (Å²) in [6.45, 7) is 3.04. The molecule has 0 bridgehead atoms. The Labute approximate surface area is 125 Å². The lowest BCUT2D eigenvalue weighted by atomic mass is 10.2. The zero-order chi connectivity index (χ0) is 16.5. The SMILES string of the molecule is C[Si](C)(/C=C/c1ccccc1)c1c(F)c(F)c(F)c(F)c1F. The van der Waals surface area contributed by atoms with Crippen LogP contribution in [0.2, 0.25) is 13.1 Å². The molecule has 0 N–H and O–H groups in total. The van der Waals surface area contributed by atoms with Crippen molar-refractivity contribution < 1.29 is 22.0 Å². The molecule has 0 radical (unpaired) electrons. The summed E-state index contributed by atoms with van der Waals surface area (Å²) in [4.78, 5) is 0. The minimum Gasteiger partial charge on any atom is -0.204 e. The molecule has 0 nitrogen and oxygen atoms in total. The van der Waals surface area contributed by atoms with E-state index in [0.29, 0.717) is 0 Å². The van der Waals surface area contributed by atoms with Gasteiger partial charge in [-0.05, 0) is 5.56 Å². The summed E-state index contributed by atoms with van der Waals surface area (Å²) >= 11 is 0. The third-order valence-electron chi connectivity index (χ3n) is 3.35. The molecule has 0 amide bonds. The van der Waals surface area contributed by atoms with Crippen LogP contribution in [0.25, 0.3) is 6.08 Å². The van der Waals surface area contributed by atoms with Crippen LogP contribution in [0.5, 0.6) is 0 Å². The quantitative estimate of drug-likeness (QED) is 0.336. The molecule has 2 rings (SSSR count). The molecule has 2 aromatic carbocycles. The molecule has 0 aliphatic rings. The Hall–Kier alpha value is -1.95. The standard InChI is InChI=1S/C16H13F5Si/c1-22(2,9-8-10-6-4-3-5-7-10)16-14(20)12(18)11(17)13(19)15(16)21/h3-9H,1-2H3/b9-8+. The van der Waals surface area contributed by atoms with Crippen LogP contribution < -0.4 is 5.19 Å². The lowest BCUT2D eigenvalue weighted by Gasteiger charge is -2.21. The van der Waals surface area contributed by atoms with Gasteiger partial charge in [-0.3, -0.25) is 0 Å². The predicted molar refractivity (Wildman–Crippen MR) is 78.8 cm³/mol. The molecular formula is C16H13F5Si. The van der Waals surface area contributed by atoms with Crippen molar-refractivity contribution in [3.63, 3.8) is 0 Å². The third kappa shape index (κ3) is 2.97. The minimum atomic E-state index is -3.01. The van der Waals surface area contributed by atoms with Gasteiger partial charge in [-0.1, -0.05) is 55.2 Å². The number of benzene rings is 2. The van der Waals surface area contributed by atoms with Crippen molar-refractivity contribution in [1.29, 1.82) is 0 Å². The monoisotopic (exact) mass is 328 g/mol. The fourth-order valence-corrected chi connectivity index (χ4v) is 4.25. The average Bonchev–Trinajstić information content (AvgIpc) is 2.50. The molecule has 0 unspecified atom stereocenters. The molecule has 0 spiro atoms. The van der Waals surface area contributed by atoms with Gasteiger partial charge >= 0.3 is 0 Å². The van der Waals surface area contributed by atoms with Crippen molar-refractivity contribution in [2.24, 2.45) is 0 Å².